The Balaban J connectivity index is 1.80. The minimum atomic E-state index is -0.491. The summed E-state index contributed by atoms with van der Waals surface area (Å²) >= 11 is 1.27. The molecule has 0 atom stereocenters. The third kappa shape index (κ3) is 5.73. The van der Waals surface area contributed by atoms with Gasteiger partial charge in [0, 0.05) is 23.6 Å². The highest BCUT2D eigenvalue weighted by Crippen LogP contribution is 2.37. The maximum Gasteiger partial charge on any atom is 0.341 e. The fourth-order valence-corrected chi connectivity index (χ4v) is 4.08. The van der Waals surface area contributed by atoms with Crippen LogP contribution in [0.3, 0.4) is 0 Å². The van der Waals surface area contributed by atoms with Gasteiger partial charge in [-0.15, -0.1) is 11.3 Å². The Labute approximate surface area is 190 Å². The van der Waals surface area contributed by atoms with Crippen molar-refractivity contribution < 1.29 is 23.9 Å². The molecule has 2 N–H and O–H groups in total. The highest BCUT2D eigenvalue weighted by Gasteiger charge is 2.23. The normalized spacial score (nSPS) is 10.3. The van der Waals surface area contributed by atoms with Gasteiger partial charge in [-0.2, -0.15) is 0 Å². The van der Waals surface area contributed by atoms with Crippen LogP contribution in [-0.2, 0) is 20.7 Å². The number of nitrogens with one attached hydrogen (secondary N) is 2. The third-order valence-electron chi connectivity index (χ3n) is 4.56. The predicted octanol–water partition coefficient (Wildman–Crippen LogP) is 4.74. The molecule has 0 aliphatic carbocycles. The lowest BCUT2D eigenvalue weighted by molar-refractivity contribution is -0.116. The molecule has 0 aliphatic heterocycles. The molecular formula is C24H24N2O5S. The summed E-state index contributed by atoms with van der Waals surface area (Å²) in [5.74, 6) is -0.201. The average Bonchev–Trinajstić information content (AvgIpc) is 3.18. The van der Waals surface area contributed by atoms with Crippen molar-refractivity contribution in [3.8, 4) is 16.9 Å². The molecule has 32 heavy (non-hydrogen) atoms. The van der Waals surface area contributed by atoms with Crippen LogP contribution in [0.1, 0.15) is 29.8 Å². The Morgan fingerprint density at radius 3 is 2.25 bits per heavy atom. The van der Waals surface area contributed by atoms with Crippen LogP contribution in [0.15, 0.2) is 53.9 Å². The number of amides is 2. The Morgan fingerprint density at radius 1 is 0.969 bits per heavy atom. The van der Waals surface area contributed by atoms with E-state index in [1.165, 1.54) is 18.3 Å². The van der Waals surface area contributed by atoms with Crippen molar-refractivity contribution in [2.24, 2.45) is 0 Å². The van der Waals surface area contributed by atoms with Gasteiger partial charge in [0.2, 0.25) is 11.8 Å². The number of anilines is 2. The van der Waals surface area contributed by atoms with Crippen LogP contribution in [0.4, 0.5) is 10.7 Å². The van der Waals surface area contributed by atoms with E-state index in [9.17, 15) is 14.4 Å². The van der Waals surface area contributed by atoms with Gasteiger partial charge in [0.25, 0.3) is 0 Å². The summed E-state index contributed by atoms with van der Waals surface area (Å²) < 4.78 is 10.4. The zero-order valence-electron chi connectivity index (χ0n) is 18.1. The molecule has 0 radical (unpaired) electrons. The number of esters is 1. The molecule has 0 fully saturated rings. The zero-order valence-corrected chi connectivity index (χ0v) is 18.9. The van der Waals surface area contributed by atoms with E-state index in [2.05, 4.69) is 10.6 Å². The van der Waals surface area contributed by atoms with Crippen molar-refractivity contribution in [3.05, 3.63) is 65.0 Å². The molecule has 3 aromatic rings. The van der Waals surface area contributed by atoms with Crippen LogP contribution in [-0.4, -0.2) is 31.5 Å². The Bertz CT molecular complexity index is 1100. The molecule has 7 nitrogen and oxygen atoms in total. The van der Waals surface area contributed by atoms with Gasteiger partial charge in [0.1, 0.15) is 16.3 Å². The summed E-state index contributed by atoms with van der Waals surface area (Å²) in [6.45, 7) is 3.40. The number of carbonyl (C=O) groups excluding carboxylic acids is 3. The fraction of sp³-hybridized carbons (Fsp3) is 0.208. The second-order valence-corrected chi connectivity index (χ2v) is 7.79. The van der Waals surface area contributed by atoms with E-state index < -0.39 is 5.97 Å². The first-order chi connectivity index (χ1) is 15.4. The van der Waals surface area contributed by atoms with Crippen molar-refractivity contribution in [1.29, 1.82) is 0 Å². The summed E-state index contributed by atoms with van der Waals surface area (Å²) in [4.78, 5) is 36.5. The molecule has 1 heterocycles. The summed E-state index contributed by atoms with van der Waals surface area (Å²) in [5, 5.41) is 7.79. The standard InChI is InChI=1S/C24H24N2O5S/c1-4-31-24(29)22-20(17-7-11-19(30-3)12-8-17)14-32-23(22)26-21(28)13-16-5-9-18(10-6-16)25-15(2)27/h5-12,14H,4,13H2,1-3H3,(H,25,27)(H,26,28). The molecule has 3 rings (SSSR count). The van der Waals surface area contributed by atoms with Gasteiger partial charge in [0.05, 0.1) is 20.1 Å². The average molecular weight is 453 g/mol. The molecule has 0 saturated carbocycles. The highest BCUT2D eigenvalue weighted by molar-refractivity contribution is 7.15. The van der Waals surface area contributed by atoms with E-state index in [-0.39, 0.29) is 24.8 Å². The second kappa shape index (κ2) is 10.6. The van der Waals surface area contributed by atoms with E-state index in [0.717, 1.165) is 11.1 Å². The number of rotatable bonds is 8. The Kier molecular flexibility index (Phi) is 7.62. The summed E-state index contributed by atoms with van der Waals surface area (Å²) in [7, 11) is 1.59. The molecular weight excluding hydrogens is 428 g/mol. The quantitative estimate of drug-likeness (QED) is 0.482. The van der Waals surface area contributed by atoms with Gasteiger partial charge in [0.15, 0.2) is 0 Å². The number of methoxy groups -OCH3 is 1. The summed E-state index contributed by atoms with van der Waals surface area (Å²) in [6.07, 6.45) is 0.123. The minimum Gasteiger partial charge on any atom is -0.497 e. The maximum absolute atomic E-state index is 12.7. The minimum absolute atomic E-state index is 0.123. The molecule has 0 saturated heterocycles. The lowest BCUT2D eigenvalue weighted by Gasteiger charge is -2.10. The van der Waals surface area contributed by atoms with E-state index in [4.69, 9.17) is 9.47 Å². The van der Waals surface area contributed by atoms with Crippen molar-refractivity contribution >= 4 is 39.8 Å². The van der Waals surface area contributed by atoms with E-state index in [1.807, 2.05) is 29.6 Å². The molecule has 0 unspecified atom stereocenters. The number of carbonyl (C=O) groups is 3. The molecule has 0 spiro atoms. The van der Waals surface area contributed by atoms with Gasteiger partial charge < -0.3 is 20.1 Å². The first-order valence-electron chi connectivity index (χ1n) is 10.0. The first kappa shape index (κ1) is 23.0. The monoisotopic (exact) mass is 452 g/mol. The Morgan fingerprint density at radius 2 is 1.66 bits per heavy atom. The fourth-order valence-electron chi connectivity index (χ4n) is 3.10. The van der Waals surface area contributed by atoms with Crippen molar-refractivity contribution in [2.75, 3.05) is 24.4 Å². The van der Waals surface area contributed by atoms with Crippen LogP contribution in [0.2, 0.25) is 0 Å². The number of benzene rings is 2. The SMILES string of the molecule is CCOC(=O)c1c(-c2ccc(OC)cc2)csc1NC(=O)Cc1ccc(NC(C)=O)cc1. The molecule has 0 bridgehead atoms. The van der Waals surface area contributed by atoms with Crippen molar-refractivity contribution in [2.45, 2.75) is 20.3 Å². The van der Waals surface area contributed by atoms with E-state index in [0.29, 0.717) is 27.6 Å². The van der Waals surface area contributed by atoms with E-state index >= 15 is 0 Å². The van der Waals surface area contributed by atoms with E-state index in [1.54, 1.807) is 38.3 Å². The van der Waals surface area contributed by atoms with Crippen LogP contribution in [0.5, 0.6) is 5.75 Å². The lowest BCUT2D eigenvalue weighted by atomic mass is 10.0. The predicted molar refractivity (Wildman–Crippen MR) is 125 cm³/mol. The highest BCUT2D eigenvalue weighted by atomic mass is 32.1. The molecule has 8 heteroatoms. The third-order valence-corrected chi connectivity index (χ3v) is 5.46. The summed E-state index contributed by atoms with van der Waals surface area (Å²) in [5.41, 5.74) is 3.27. The van der Waals surface area contributed by atoms with Gasteiger partial charge in [-0.1, -0.05) is 24.3 Å². The number of hydrogen-bond donors (Lipinski definition) is 2. The number of thiophene rings is 1. The zero-order chi connectivity index (χ0) is 23.1. The van der Waals surface area contributed by atoms with Crippen molar-refractivity contribution in [1.82, 2.24) is 0 Å². The first-order valence-corrected chi connectivity index (χ1v) is 10.9. The topological polar surface area (TPSA) is 93.7 Å². The maximum atomic E-state index is 12.7. The molecule has 166 valence electrons. The number of ether oxygens (including phenoxy) is 2. The summed E-state index contributed by atoms with van der Waals surface area (Å²) in [6, 6.07) is 14.3. The van der Waals surface area contributed by atoms with Gasteiger partial charge >= 0.3 is 5.97 Å². The van der Waals surface area contributed by atoms with Crippen LogP contribution >= 0.6 is 11.3 Å². The molecule has 1 aromatic heterocycles. The van der Waals surface area contributed by atoms with Crippen LogP contribution in [0.25, 0.3) is 11.1 Å². The van der Waals surface area contributed by atoms with Gasteiger partial charge in [-0.25, -0.2) is 4.79 Å². The lowest BCUT2D eigenvalue weighted by Crippen LogP contribution is -2.16. The largest absolute Gasteiger partial charge is 0.497 e. The molecule has 2 aromatic carbocycles. The van der Waals surface area contributed by atoms with Crippen LogP contribution < -0.4 is 15.4 Å². The number of hydrogen-bond acceptors (Lipinski definition) is 6. The van der Waals surface area contributed by atoms with Crippen LogP contribution in [0, 0.1) is 0 Å². The van der Waals surface area contributed by atoms with Gasteiger partial charge in [-0.05, 0) is 42.3 Å². The smallest absolute Gasteiger partial charge is 0.341 e. The molecule has 2 amide bonds. The van der Waals surface area contributed by atoms with Gasteiger partial charge in [-0.3, -0.25) is 9.59 Å². The Hall–Kier alpha value is -3.65. The molecule has 0 aliphatic rings. The second-order valence-electron chi connectivity index (χ2n) is 6.91. The van der Waals surface area contributed by atoms with Crippen molar-refractivity contribution in [3.63, 3.8) is 0 Å².